The monoisotopic (exact) mass is 385 g/mol. The van der Waals surface area contributed by atoms with Gasteiger partial charge in [-0.3, -0.25) is 14.5 Å². The van der Waals surface area contributed by atoms with E-state index in [9.17, 15) is 14.4 Å². The van der Waals surface area contributed by atoms with E-state index in [4.69, 9.17) is 4.74 Å². The minimum Gasteiger partial charge on any atom is -0.459 e. The lowest BCUT2D eigenvalue weighted by Crippen LogP contribution is -2.40. The minimum atomic E-state index is -0.429. The Kier molecular flexibility index (Phi) is 6.87. The molecule has 0 unspecified atom stereocenters. The van der Waals surface area contributed by atoms with Crippen molar-refractivity contribution >= 4 is 17.8 Å². The summed E-state index contributed by atoms with van der Waals surface area (Å²) in [6, 6.07) is 4.71. The van der Waals surface area contributed by atoms with Gasteiger partial charge in [0.1, 0.15) is 0 Å². The number of carbonyl (C=O) groups is 3. The fourth-order valence-corrected chi connectivity index (χ4v) is 4.23. The van der Waals surface area contributed by atoms with Gasteiger partial charge in [0.25, 0.3) is 11.8 Å². The van der Waals surface area contributed by atoms with E-state index in [1.165, 1.54) is 23.8 Å². The van der Waals surface area contributed by atoms with E-state index >= 15 is 0 Å². The molecule has 28 heavy (non-hydrogen) atoms. The number of hydrogen-bond donors (Lipinski definition) is 0. The van der Waals surface area contributed by atoms with Gasteiger partial charge in [0.2, 0.25) is 0 Å². The average Bonchev–Trinajstić information content (AvgIpc) is 2.96. The molecule has 5 nitrogen and oxygen atoms in total. The maximum absolute atomic E-state index is 12.9. The normalized spacial score (nSPS) is 18.3. The van der Waals surface area contributed by atoms with Gasteiger partial charge in [-0.05, 0) is 50.8 Å². The number of ether oxygens (including phenoxy) is 1. The van der Waals surface area contributed by atoms with Crippen LogP contribution in [-0.2, 0) is 4.74 Å². The maximum atomic E-state index is 12.9. The molecule has 1 fully saturated rings. The lowest BCUT2D eigenvalue weighted by molar-refractivity contribution is 0.0319. The van der Waals surface area contributed by atoms with Gasteiger partial charge in [-0.1, -0.05) is 45.4 Å². The Morgan fingerprint density at radius 2 is 1.79 bits per heavy atom. The largest absolute Gasteiger partial charge is 0.459 e. The van der Waals surface area contributed by atoms with Crippen LogP contribution in [0.15, 0.2) is 18.2 Å². The summed E-state index contributed by atoms with van der Waals surface area (Å²) in [5, 5.41) is 0. The van der Waals surface area contributed by atoms with Gasteiger partial charge in [-0.15, -0.1) is 0 Å². The number of unbranched alkanes of at least 4 members (excludes halogenated alkanes) is 3. The van der Waals surface area contributed by atoms with Crippen molar-refractivity contribution in [2.24, 2.45) is 0 Å². The highest BCUT2D eigenvalue weighted by atomic mass is 16.5. The van der Waals surface area contributed by atoms with Crippen molar-refractivity contribution < 1.29 is 19.1 Å². The van der Waals surface area contributed by atoms with Crippen molar-refractivity contribution in [3.8, 4) is 0 Å². The summed E-state index contributed by atoms with van der Waals surface area (Å²) in [7, 11) is 0. The summed E-state index contributed by atoms with van der Waals surface area (Å²) in [6.45, 7) is 4.06. The van der Waals surface area contributed by atoms with Crippen LogP contribution < -0.4 is 0 Å². The molecule has 0 N–H and O–H groups in total. The molecule has 152 valence electrons. The van der Waals surface area contributed by atoms with Crippen molar-refractivity contribution in [3.05, 3.63) is 34.9 Å². The van der Waals surface area contributed by atoms with Crippen LogP contribution in [-0.4, -0.2) is 34.8 Å². The Morgan fingerprint density at radius 3 is 2.50 bits per heavy atom. The predicted molar refractivity (Wildman–Crippen MR) is 107 cm³/mol. The highest BCUT2D eigenvalue weighted by molar-refractivity contribution is 6.22. The second-order valence-corrected chi connectivity index (χ2v) is 8.10. The van der Waals surface area contributed by atoms with E-state index in [0.29, 0.717) is 16.7 Å². The third-order valence-corrected chi connectivity index (χ3v) is 5.87. The average molecular weight is 386 g/mol. The molecule has 2 amide bonds. The Hall–Kier alpha value is -2.17. The van der Waals surface area contributed by atoms with Crippen LogP contribution in [0, 0.1) is 0 Å². The maximum Gasteiger partial charge on any atom is 0.338 e. The van der Waals surface area contributed by atoms with E-state index < -0.39 is 5.97 Å². The standard InChI is InChI=1S/C23H31NO4/c1-3-4-5-7-10-16(2)28-23(27)17-13-14-19-20(15-17)22(26)24(21(19)25)18-11-8-6-9-12-18/h13-16,18H,3-12H2,1-2H3/t16-/m0/s1. The Balaban J connectivity index is 1.65. The fraction of sp³-hybridized carbons (Fsp3) is 0.609. The Morgan fingerprint density at radius 1 is 1.07 bits per heavy atom. The van der Waals surface area contributed by atoms with Crippen molar-refractivity contribution in [2.45, 2.75) is 90.2 Å². The molecule has 1 saturated carbocycles. The molecular weight excluding hydrogens is 354 g/mol. The zero-order valence-corrected chi connectivity index (χ0v) is 17.0. The van der Waals surface area contributed by atoms with Gasteiger partial charge < -0.3 is 4.74 Å². The molecular formula is C23H31NO4. The van der Waals surface area contributed by atoms with Crippen LogP contribution in [0.5, 0.6) is 0 Å². The van der Waals surface area contributed by atoms with E-state index in [0.717, 1.165) is 51.4 Å². The van der Waals surface area contributed by atoms with Crippen LogP contribution in [0.2, 0.25) is 0 Å². The zero-order chi connectivity index (χ0) is 20.1. The lowest BCUT2D eigenvalue weighted by atomic mass is 9.94. The molecule has 2 aliphatic rings. The van der Waals surface area contributed by atoms with Gasteiger partial charge >= 0.3 is 5.97 Å². The van der Waals surface area contributed by atoms with Crippen LogP contribution in [0.1, 0.15) is 109 Å². The van der Waals surface area contributed by atoms with Crippen molar-refractivity contribution in [3.63, 3.8) is 0 Å². The smallest absolute Gasteiger partial charge is 0.338 e. The molecule has 0 bridgehead atoms. The minimum absolute atomic E-state index is 0.0142. The number of nitrogens with zero attached hydrogens (tertiary/aromatic N) is 1. The van der Waals surface area contributed by atoms with Gasteiger partial charge in [0, 0.05) is 6.04 Å². The molecule has 1 atom stereocenters. The van der Waals surface area contributed by atoms with Crippen LogP contribution >= 0.6 is 0 Å². The zero-order valence-electron chi connectivity index (χ0n) is 17.0. The molecule has 1 aromatic carbocycles. The summed E-state index contributed by atoms with van der Waals surface area (Å²) >= 11 is 0. The molecule has 1 aliphatic carbocycles. The molecule has 0 aromatic heterocycles. The van der Waals surface area contributed by atoms with Crippen LogP contribution in [0.25, 0.3) is 0 Å². The first-order chi connectivity index (χ1) is 13.5. The number of amides is 2. The fourth-order valence-electron chi connectivity index (χ4n) is 4.23. The number of imide groups is 1. The first-order valence-corrected chi connectivity index (χ1v) is 10.8. The molecule has 3 rings (SSSR count). The quantitative estimate of drug-likeness (QED) is 0.353. The molecule has 1 aliphatic heterocycles. The van der Waals surface area contributed by atoms with Gasteiger partial charge in [-0.25, -0.2) is 4.79 Å². The van der Waals surface area contributed by atoms with Crippen molar-refractivity contribution in [2.75, 3.05) is 0 Å². The summed E-state index contributed by atoms with van der Waals surface area (Å²) in [6.07, 6.45) is 10.2. The van der Waals surface area contributed by atoms with Gasteiger partial charge in [0.05, 0.1) is 22.8 Å². The van der Waals surface area contributed by atoms with Gasteiger partial charge in [0.15, 0.2) is 0 Å². The van der Waals surface area contributed by atoms with Crippen LogP contribution in [0.4, 0.5) is 0 Å². The SMILES string of the molecule is CCCCCC[C@H](C)OC(=O)c1ccc2c(c1)C(=O)N(C1CCCCC1)C2=O. The Labute approximate surface area is 167 Å². The summed E-state index contributed by atoms with van der Waals surface area (Å²) in [5.74, 6) is -0.924. The summed E-state index contributed by atoms with van der Waals surface area (Å²) in [4.78, 5) is 39.5. The number of carbonyl (C=O) groups excluding carboxylic acids is 3. The van der Waals surface area contributed by atoms with E-state index in [2.05, 4.69) is 6.92 Å². The number of benzene rings is 1. The molecule has 0 saturated heterocycles. The third-order valence-electron chi connectivity index (χ3n) is 5.87. The second-order valence-electron chi connectivity index (χ2n) is 8.10. The number of esters is 1. The Bertz CT molecular complexity index is 736. The highest BCUT2D eigenvalue weighted by Gasteiger charge is 2.40. The summed E-state index contributed by atoms with van der Waals surface area (Å²) < 4.78 is 5.53. The van der Waals surface area contributed by atoms with E-state index in [-0.39, 0.29) is 24.0 Å². The third kappa shape index (κ3) is 4.45. The molecule has 1 heterocycles. The van der Waals surface area contributed by atoms with E-state index in [1.54, 1.807) is 12.1 Å². The second kappa shape index (κ2) is 9.35. The number of fused-ring (bicyclic) bond motifs is 1. The highest BCUT2D eigenvalue weighted by Crippen LogP contribution is 2.31. The predicted octanol–water partition coefficient (Wildman–Crippen LogP) is 5.13. The first kappa shape index (κ1) is 20.6. The molecule has 5 heteroatoms. The van der Waals surface area contributed by atoms with E-state index in [1.807, 2.05) is 6.92 Å². The van der Waals surface area contributed by atoms with Crippen LogP contribution in [0.3, 0.4) is 0 Å². The lowest BCUT2D eigenvalue weighted by Gasteiger charge is -2.29. The number of rotatable bonds is 8. The van der Waals surface area contributed by atoms with Gasteiger partial charge in [-0.2, -0.15) is 0 Å². The first-order valence-electron chi connectivity index (χ1n) is 10.8. The number of hydrogen-bond acceptors (Lipinski definition) is 4. The molecule has 1 aromatic rings. The topological polar surface area (TPSA) is 63.7 Å². The van der Waals surface area contributed by atoms with Crippen molar-refractivity contribution in [1.82, 2.24) is 4.90 Å². The molecule has 0 spiro atoms. The molecule has 0 radical (unpaired) electrons. The van der Waals surface area contributed by atoms with Crippen molar-refractivity contribution in [1.29, 1.82) is 0 Å². The summed E-state index contributed by atoms with van der Waals surface area (Å²) in [5.41, 5.74) is 1.08.